The third-order valence-corrected chi connectivity index (χ3v) is 11.1. The Morgan fingerprint density at radius 3 is 1.22 bits per heavy atom. The summed E-state index contributed by atoms with van der Waals surface area (Å²) >= 11 is 0. The molecule has 9 aromatic carbocycles. The predicted octanol–water partition coefficient (Wildman–Crippen LogP) is 13.7. The summed E-state index contributed by atoms with van der Waals surface area (Å²) in [6, 6.07) is 58.1. The number of rotatable bonds is 3. The highest BCUT2D eigenvalue weighted by Crippen LogP contribution is 2.53. The van der Waals surface area contributed by atoms with E-state index in [0.717, 1.165) is 32.7 Å². The second-order valence-corrected chi connectivity index (χ2v) is 14.1. The van der Waals surface area contributed by atoms with Crippen LogP contribution in [0.2, 0.25) is 0 Å². The molecule has 0 saturated heterocycles. The van der Waals surface area contributed by atoms with Gasteiger partial charge in [0.1, 0.15) is 5.82 Å². The molecule has 0 spiro atoms. The lowest BCUT2D eigenvalue weighted by atomic mass is 9.79. The molecule has 1 aliphatic carbocycles. The van der Waals surface area contributed by atoms with E-state index < -0.39 is 0 Å². The van der Waals surface area contributed by atoms with Gasteiger partial charge < -0.3 is 0 Å². The molecule has 50 heavy (non-hydrogen) atoms. The average Bonchev–Trinajstić information content (AvgIpc) is 3.38. The summed E-state index contributed by atoms with van der Waals surface area (Å²) in [5.74, 6) is -0.230. The summed E-state index contributed by atoms with van der Waals surface area (Å²) in [6.45, 7) is 4.70. The molecular formula is C49H33F. The van der Waals surface area contributed by atoms with Crippen LogP contribution in [-0.2, 0) is 5.41 Å². The molecule has 0 radical (unpaired) electrons. The highest BCUT2D eigenvalue weighted by atomic mass is 19.1. The van der Waals surface area contributed by atoms with Crippen LogP contribution in [0.1, 0.15) is 25.0 Å². The van der Waals surface area contributed by atoms with E-state index in [9.17, 15) is 4.39 Å². The number of halogens is 1. The SMILES string of the molecule is CC1(C)c2ccccc2-c2ccc(-c3c4ccccc4c(-c4c5ccccc5c(-c5cccc(F)c5)c5ccccc45)c4ccccc34)cc21. The summed E-state index contributed by atoms with van der Waals surface area (Å²) in [6.07, 6.45) is 0. The van der Waals surface area contributed by atoms with Crippen molar-refractivity contribution in [3.05, 3.63) is 181 Å². The van der Waals surface area contributed by atoms with Crippen molar-refractivity contribution in [1.29, 1.82) is 0 Å². The topological polar surface area (TPSA) is 0 Å². The van der Waals surface area contributed by atoms with Gasteiger partial charge in [0.25, 0.3) is 0 Å². The van der Waals surface area contributed by atoms with Crippen LogP contribution in [-0.4, -0.2) is 0 Å². The molecule has 10 rings (SSSR count). The summed E-state index contributed by atoms with van der Waals surface area (Å²) in [5.41, 5.74) is 12.2. The first-order chi connectivity index (χ1) is 24.5. The van der Waals surface area contributed by atoms with E-state index in [-0.39, 0.29) is 11.2 Å². The summed E-state index contributed by atoms with van der Waals surface area (Å²) in [7, 11) is 0. The molecule has 0 atom stereocenters. The van der Waals surface area contributed by atoms with Crippen molar-refractivity contribution in [1.82, 2.24) is 0 Å². The Morgan fingerprint density at radius 1 is 0.340 bits per heavy atom. The van der Waals surface area contributed by atoms with E-state index in [2.05, 4.69) is 153 Å². The van der Waals surface area contributed by atoms with Crippen LogP contribution in [0, 0.1) is 5.82 Å². The quantitative estimate of drug-likeness (QED) is 0.169. The number of fused-ring (bicyclic) bond motifs is 7. The van der Waals surface area contributed by atoms with Crippen molar-refractivity contribution in [2.75, 3.05) is 0 Å². The van der Waals surface area contributed by atoms with Crippen molar-refractivity contribution in [2.24, 2.45) is 0 Å². The van der Waals surface area contributed by atoms with Gasteiger partial charge in [0.15, 0.2) is 0 Å². The Labute approximate surface area is 291 Å². The Bertz CT molecular complexity index is 2740. The molecule has 0 aliphatic heterocycles. The molecule has 0 unspecified atom stereocenters. The van der Waals surface area contributed by atoms with Crippen molar-refractivity contribution in [2.45, 2.75) is 19.3 Å². The first kappa shape index (κ1) is 28.9. The standard InChI is InChI=1S/C49H33F/c1-49(2)43-25-12-11-16-33(43)34-27-26-31(29-44(34)49)46-37-19-5-9-23-41(37)48(42-24-10-6-20-38(42)46)47-39-21-7-3-17-35(39)45(30-14-13-15-32(50)28-30)36-18-4-8-22-40(36)47/h3-29H,1-2H3. The maximum Gasteiger partial charge on any atom is 0.123 e. The third kappa shape index (κ3) is 4.04. The van der Waals surface area contributed by atoms with Crippen LogP contribution in [0.5, 0.6) is 0 Å². The van der Waals surface area contributed by atoms with Gasteiger partial charge in [-0.2, -0.15) is 0 Å². The van der Waals surface area contributed by atoms with Gasteiger partial charge in [-0.1, -0.05) is 159 Å². The summed E-state index contributed by atoms with van der Waals surface area (Å²) in [5, 5.41) is 9.45. The fourth-order valence-electron chi connectivity index (χ4n) is 8.92. The van der Waals surface area contributed by atoms with Gasteiger partial charge in [0, 0.05) is 5.41 Å². The Hall–Kier alpha value is -6.05. The zero-order valence-corrected chi connectivity index (χ0v) is 28.0. The minimum absolute atomic E-state index is 0.0886. The monoisotopic (exact) mass is 640 g/mol. The Kier molecular flexibility index (Phi) is 6.20. The number of hydrogen-bond donors (Lipinski definition) is 0. The molecule has 0 N–H and O–H groups in total. The highest BCUT2D eigenvalue weighted by molar-refractivity contribution is 6.30. The largest absolute Gasteiger partial charge is 0.207 e. The lowest BCUT2D eigenvalue weighted by Gasteiger charge is -2.24. The van der Waals surface area contributed by atoms with Crippen LogP contribution in [0.3, 0.4) is 0 Å². The van der Waals surface area contributed by atoms with Crippen molar-refractivity contribution in [3.63, 3.8) is 0 Å². The van der Waals surface area contributed by atoms with Crippen LogP contribution < -0.4 is 0 Å². The van der Waals surface area contributed by atoms with Gasteiger partial charge in [-0.15, -0.1) is 0 Å². The first-order valence-electron chi connectivity index (χ1n) is 17.4. The molecule has 0 saturated carbocycles. The van der Waals surface area contributed by atoms with Crippen LogP contribution in [0.15, 0.2) is 164 Å². The molecule has 0 aromatic heterocycles. The lowest BCUT2D eigenvalue weighted by Crippen LogP contribution is -2.14. The average molecular weight is 641 g/mol. The molecule has 0 heterocycles. The normalized spacial score (nSPS) is 13.3. The van der Waals surface area contributed by atoms with E-state index in [0.29, 0.717) is 0 Å². The fraction of sp³-hybridized carbons (Fsp3) is 0.0612. The van der Waals surface area contributed by atoms with Crippen molar-refractivity contribution >= 4 is 43.1 Å². The maximum absolute atomic E-state index is 14.7. The lowest BCUT2D eigenvalue weighted by molar-refractivity contribution is 0.628. The van der Waals surface area contributed by atoms with E-state index in [4.69, 9.17) is 0 Å². The molecule has 1 heteroatoms. The Morgan fingerprint density at radius 2 is 0.740 bits per heavy atom. The van der Waals surface area contributed by atoms with Crippen LogP contribution in [0.25, 0.3) is 87.6 Å². The van der Waals surface area contributed by atoms with Gasteiger partial charge in [0.2, 0.25) is 0 Å². The Balaban J connectivity index is 1.33. The van der Waals surface area contributed by atoms with Crippen LogP contribution in [0.4, 0.5) is 4.39 Å². The maximum atomic E-state index is 14.7. The van der Waals surface area contributed by atoms with E-state index in [1.165, 1.54) is 72.1 Å². The number of benzene rings is 9. The second kappa shape index (κ2) is 10.7. The van der Waals surface area contributed by atoms with E-state index in [1.807, 2.05) is 6.07 Å². The van der Waals surface area contributed by atoms with Gasteiger partial charge in [-0.25, -0.2) is 4.39 Å². The van der Waals surface area contributed by atoms with Gasteiger partial charge in [0.05, 0.1) is 0 Å². The molecule has 9 aromatic rings. The van der Waals surface area contributed by atoms with Crippen LogP contribution >= 0.6 is 0 Å². The third-order valence-electron chi connectivity index (χ3n) is 11.1. The minimum atomic E-state index is -0.230. The number of hydrogen-bond acceptors (Lipinski definition) is 0. The minimum Gasteiger partial charge on any atom is -0.207 e. The molecule has 0 bridgehead atoms. The second-order valence-electron chi connectivity index (χ2n) is 14.1. The zero-order chi connectivity index (χ0) is 33.6. The van der Waals surface area contributed by atoms with E-state index in [1.54, 1.807) is 12.1 Å². The fourth-order valence-corrected chi connectivity index (χ4v) is 8.92. The van der Waals surface area contributed by atoms with E-state index >= 15 is 0 Å². The van der Waals surface area contributed by atoms with Gasteiger partial charge in [-0.3, -0.25) is 0 Å². The summed E-state index contributed by atoms with van der Waals surface area (Å²) in [4.78, 5) is 0. The summed E-state index contributed by atoms with van der Waals surface area (Å²) < 4.78 is 14.7. The molecule has 0 fully saturated rings. The van der Waals surface area contributed by atoms with Gasteiger partial charge in [-0.05, 0) is 117 Å². The first-order valence-corrected chi connectivity index (χ1v) is 17.4. The molecule has 236 valence electrons. The van der Waals surface area contributed by atoms with Crippen molar-refractivity contribution in [3.8, 4) is 44.5 Å². The zero-order valence-electron chi connectivity index (χ0n) is 28.0. The molecule has 0 nitrogen and oxygen atoms in total. The molecule has 1 aliphatic rings. The highest BCUT2D eigenvalue weighted by Gasteiger charge is 2.35. The smallest absolute Gasteiger partial charge is 0.123 e. The van der Waals surface area contributed by atoms with Crippen molar-refractivity contribution < 1.29 is 4.39 Å². The predicted molar refractivity (Wildman–Crippen MR) is 210 cm³/mol. The van der Waals surface area contributed by atoms with Gasteiger partial charge >= 0.3 is 0 Å². The molecule has 0 amide bonds. The molecular weight excluding hydrogens is 608 g/mol.